The van der Waals surface area contributed by atoms with Gasteiger partial charge in [-0.15, -0.1) is 0 Å². The van der Waals surface area contributed by atoms with Gasteiger partial charge in [-0.1, -0.05) is 29.3 Å². The Morgan fingerprint density at radius 1 is 0.973 bits per heavy atom. The van der Waals surface area contributed by atoms with Crippen molar-refractivity contribution in [1.82, 2.24) is 10.3 Å². The molecule has 2 heterocycles. The molecular weight excluding hydrogens is 533 g/mol. The molecule has 1 amide bonds. The molecule has 0 saturated heterocycles. The summed E-state index contributed by atoms with van der Waals surface area (Å²) in [6, 6.07) is 17.0. The van der Waals surface area contributed by atoms with Crippen molar-refractivity contribution < 1.29 is 18.7 Å². The molecule has 0 aliphatic rings. The molecule has 10 heteroatoms. The smallest absolute Gasteiger partial charge is 0.293 e. The summed E-state index contributed by atoms with van der Waals surface area (Å²) in [6.45, 7) is 3.93. The summed E-state index contributed by atoms with van der Waals surface area (Å²) in [4.78, 5) is 17.1. The number of rotatable bonds is 4. The number of hydrogen-bond donors (Lipinski definition) is 3. The van der Waals surface area contributed by atoms with Crippen LogP contribution >= 0.6 is 35.4 Å². The lowest BCUT2D eigenvalue weighted by Crippen LogP contribution is -2.33. The Hall–Kier alpha value is -3.85. The quantitative estimate of drug-likeness (QED) is 0.198. The second kappa shape index (κ2) is 9.89. The Bertz CT molecular complexity index is 1690. The maximum atomic E-state index is 12.6. The van der Waals surface area contributed by atoms with Crippen molar-refractivity contribution >= 4 is 63.2 Å². The highest BCUT2D eigenvalue weighted by atomic mass is 35.5. The minimum atomic E-state index is -0.540. The number of benzene rings is 3. The van der Waals surface area contributed by atoms with E-state index in [9.17, 15) is 9.90 Å². The van der Waals surface area contributed by atoms with Gasteiger partial charge < -0.3 is 19.3 Å². The number of aromatic hydroxyl groups is 1. The number of nitrogens with one attached hydrogen (secondary N) is 2. The molecule has 0 unspecified atom stereocenters. The average Bonchev–Trinajstić information content (AvgIpc) is 3.49. The van der Waals surface area contributed by atoms with Crippen LogP contribution < -0.4 is 10.6 Å². The maximum absolute atomic E-state index is 12.6. The van der Waals surface area contributed by atoms with Gasteiger partial charge in [0.1, 0.15) is 17.0 Å². The van der Waals surface area contributed by atoms with E-state index < -0.39 is 5.91 Å². The van der Waals surface area contributed by atoms with E-state index >= 15 is 0 Å². The fourth-order valence-corrected chi connectivity index (χ4v) is 4.38. The number of phenolic OH excluding ortho intramolecular Hbond substituents is 1. The number of fused-ring (bicyclic) bond motifs is 1. The number of carbonyl (C=O) groups excluding carboxylic acids is 1. The number of nitrogens with zero attached hydrogens (tertiary/aromatic N) is 1. The van der Waals surface area contributed by atoms with Crippen molar-refractivity contribution in [3.63, 3.8) is 0 Å². The number of hydrogen-bond acceptors (Lipinski definition) is 6. The highest BCUT2D eigenvalue weighted by Crippen LogP contribution is 2.34. The molecule has 186 valence electrons. The Labute approximate surface area is 227 Å². The Morgan fingerprint density at radius 2 is 1.78 bits per heavy atom. The van der Waals surface area contributed by atoms with E-state index in [1.807, 2.05) is 26.0 Å². The lowest BCUT2D eigenvalue weighted by molar-refractivity contribution is 0.0951. The van der Waals surface area contributed by atoms with Crippen molar-refractivity contribution in [2.75, 3.05) is 5.32 Å². The summed E-state index contributed by atoms with van der Waals surface area (Å²) in [7, 11) is 0. The van der Waals surface area contributed by atoms with Crippen LogP contribution in [0.4, 0.5) is 5.69 Å². The predicted octanol–water partition coefficient (Wildman–Crippen LogP) is 7.51. The molecule has 0 aliphatic carbocycles. The van der Waals surface area contributed by atoms with Gasteiger partial charge in [0.2, 0.25) is 5.89 Å². The van der Waals surface area contributed by atoms with Gasteiger partial charge >= 0.3 is 0 Å². The predicted molar refractivity (Wildman–Crippen MR) is 148 cm³/mol. The second-order valence-corrected chi connectivity index (χ2v) is 9.60. The zero-order chi connectivity index (χ0) is 26.3. The van der Waals surface area contributed by atoms with Gasteiger partial charge in [0, 0.05) is 17.3 Å². The first-order valence-corrected chi connectivity index (χ1v) is 12.2. The van der Waals surface area contributed by atoms with Crippen LogP contribution in [-0.4, -0.2) is 21.1 Å². The van der Waals surface area contributed by atoms with E-state index in [-0.39, 0.29) is 16.6 Å². The lowest BCUT2D eigenvalue weighted by Gasteiger charge is -2.10. The van der Waals surface area contributed by atoms with Crippen LogP contribution in [0.5, 0.6) is 5.75 Å². The van der Waals surface area contributed by atoms with E-state index in [0.29, 0.717) is 44.1 Å². The van der Waals surface area contributed by atoms with Crippen LogP contribution in [-0.2, 0) is 0 Å². The Morgan fingerprint density at radius 3 is 2.54 bits per heavy atom. The summed E-state index contributed by atoms with van der Waals surface area (Å²) in [6.07, 6.45) is 0. The molecule has 3 N–H and O–H groups in total. The van der Waals surface area contributed by atoms with E-state index in [2.05, 4.69) is 15.6 Å². The fourth-order valence-electron chi connectivity index (χ4n) is 3.87. The van der Waals surface area contributed by atoms with Crippen LogP contribution in [0, 0.1) is 13.8 Å². The zero-order valence-electron chi connectivity index (χ0n) is 19.6. The summed E-state index contributed by atoms with van der Waals surface area (Å²) >= 11 is 17.3. The summed E-state index contributed by atoms with van der Waals surface area (Å²) in [5.41, 5.74) is 5.00. The Balaban J connectivity index is 1.27. The minimum absolute atomic E-state index is 0.0256. The lowest BCUT2D eigenvalue weighted by atomic mass is 10.1. The van der Waals surface area contributed by atoms with Crippen molar-refractivity contribution in [3.8, 4) is 28.5 Å². The van der Waals surface area contributed by atoms with E-state index in [1.54, 1.807) is 36.4 Å². The number of aromatic nitrogens is 1. The molecule has 0 bridgehead atoms. The molecule has 2 aromatic heterocycles. The van der Waals surface area contributed by atoms with Crippen LogP contribution in [0.1, 0.15) is 21.7 Å². The molecule has 0 fully saturated rings. The first-order chi connectivity index (χ1) is 17.7. The molecule has 0 atom stereocenters. The summed E-state index contributed by atoms with van der Waals surface area (Å²) in [5, 5.41) is 16.9. The Kier molecular flexibility index (Phi) is 6.64. The summed E-state index contributed by atoms with van der Waals surface area (Å²) in [5.74, 6) is 0.218. The molecule has 3 aromatic carbocycles. The number of furan rings is 1. The number of phenols is 1. The van der Waals surface area contributed by atoms with Gasteiger partial charge in [-0.2, -0.15) is 0 Å². The first kappa shape index (κ1) is 24.8. The van der Waals surface area contributed by atoms with Gasteiger partial charge in [0.25, 0.3) is 5.91 Å². The number of carbonyl (C=O) groups is 1. The topological polar surface area (TPSA) is 101 Å². The van der Waals surface area contributed by atoms with Crippen molar-refractivity contribution in [1.29, 1.82) is 0 Å². The van der Waals surface area contributed by atoms with Gasteiger partial charge in [-0.05, 0) is 85.7 Å². The van der Waals surface area contributed by atoms with Gasteiger partial charge in [-0.25, -0.2) is 4.98 Å². The highest BCUT2D eigenvalue weighted by molar-refractivity contribution is 7.80. The van der Waals surface area contributed by atoms with Crippen LogP contribution in [0.15, 0.2) is 69.5 Å². The van der Waals surface area contributed by atoms with E-state index in [1.165, 1.54) is 12.1 Å². The zero-order valence-corrected chi connectivity index (χ0v) is 21.9. The average molecular weight is 552 g/mol. The highest BCUT2D eigenvalue weighted by Gasteiger charge is 2.17. The van der Waals surface area contributed by atoms with Gasteiger partial charge in [0.05, 0.1) is 15.6 Å². The number of aryl methyl sites for hydroxylation is 2. The molecule has 37 heavy (non-hydrogen) atoms. The first-order valence-electron chi connectivity index (χ1n) is 11.1. The van der Waals surface area contributed by atoms with Crippen molar-refractivity contribution in [2.45, 2.75) is 13.8 Å². The summed E-state index contributed by atoms with van der Waals surface area (Å²) < 4.78 is 11.5. The SMILES string of the molecule is Cc1cc(C)c2oc(-c3ccc(NC(=S)NC(=O)c4ccc(-c5ccc(Cl)c(Cl)c5)o4)cc3O)nc2c1. The molecule has 7 nitrogen and oxygen atoms in total. The minimum Gasteiger partial charge on any atom is -0.507 e. The third-order valence-electron chi connectivity index (χ3n) is 5.57. The molecule has 0 aliphatic heterocycles. The van der Waals surface area contributed by atoms with Crippen LogP contribution in [0.3, 0.4) is 0 Å². The number of halogens is 2. The molecule has 0 spiro atoms. The van der Waals surface area contributed by atoms with E-state index in [0.717, 1.165) is 16.6 Å². The molecule has 0 radical (unpaired) electrons. The number of thiocarbonyl (C=S) groups is 1. The van der Waals surface area contributed by atoms with Gasteiger partial charge in [0.15, 0.2) is 16.5 Å². The monoisotopic (exact) mass is 551 g/mol. The van der Waals surface area contributed by atoms with Crippen LogP contribution in [0.25, 0.3) is 33.9 Å². The largest absolute Gasteiger partial charge is 0.507 e. The molecular formula is C27H19Cl2N3O4S. The van der Waals surface area contributed by atoms with Crippen molar-refractivity contribution in [2.24, 2.45) is 0 Å². The van der Waals surface area contributed by atoms with Gasteiger partial charge in [-0.3, -0.25) is 10.1 Å². The molecule has 0 saturated carbocycles. The maximum Gasteiger partial charge on any atom is 0.293 e. The third kappa shape index (κ3) is 5.17. The van der Waals surface area contributed by atoms with Crippen LogP contribution in [0.2, 0.25) is 10.0 Å². The number of amides is 1. The number of anilines is 1. The van der Waals surface area contributed by atoms with Crippen molar-refractivity contribution in [3.05, 3.63) is 87.6 Å². The normalized spacial score (nSPS) is 11.0. The number of oxazole rings is 1. The van der Waals surface area contributed by atoms with E-state index in [4.69, 9.17) is 44.3 Å². The second-order valence-electron chi connectivity index (χ2n) is 8.38. The fraction of sp³-hybridized carbons (Fsp3) is 0.0741. The standard InChI is InChI=1S/C27H19Cl2N3O4S/c1-13-9-14(2)24-20(10-13)31-26(36-24)17-5-4-16(12-21(17)33)30-27(37)32-25(34)23-8-7-22(35-23)15-3-6-18(28)19(29)11-15/h3-12,33H,1-2H3,(H2,30,32,34,37). The molecule has 5 rings (SSSR count). The third-order valence-corrected chi connectivity index (χ3v) is 6.51. The molecule has 5 aromatic rings.